The van der Waals surface area contributed by atoms with Crippen molar-refractivity contribution in [2.45, 2.75) is 156 Å². The second kappa shape index (κ2) is 25.0. The summed E-state index contributed by atoms with van der Waals surface area (Å²) in [6, 6.07) is 0. The molecule has 0 radical (unpaired) electrons. The van der Waals surface area contributed by atoms with Gasteiger partial charge in [0.1, 0.15) is 0 Å². The Hall–Kier alpha value is -1.06. The van der Waals surface area contributed by atoms with E-state index in [0.29, 0.717) is 26.1 Å². The lowest BCUT2D eigenvalue weighted by atomic mass is 10.0. The van der Waals surface area contributed by atoms with Gasteiger partial charge in [-0.25, -0.2) is 0 Å². The Morgan fingerprint density at radius 1 is 0.441 bits per heavy atom. The third-order valence-corrected chi connectivity index (χ3v) is 6.39. The average Bonchev–Trinajstić information content (AvgIpc) is 2.78. The zero-order valence-electron chi connectivity index (χ0n) is 23.3. The molecule has 34 heavy (non-hydrogen) atoms. The summed E-state index contributed by atoms with van der Waals surface area (Å²) in [7, 11) is 0. The van der Waals surface area contributed by atoms with E-state index in [4.69, 9.17) is 9.47 Å². The molecule has 4 nitrogen and oxygen atoms in total. The van der Waals surface area contributed by atoms with Gasteiger partial charge >= 0.3 is 11.9 Å². The van der Waals surface area contributed by atoms with Crippen LogP contribution in [0.2, 0.25) is 0 Å². The van der Waals surface area contributed by atoms with Crippen LogP contribution in [0.25, 0.3) is 0 Å². The molecule has 0 aromatic rings. The molecule has 0 aromatic heterocycles. The molecule has 0 spiro atoms. The van der Waals surface area contributed by atoms with Crippen LogP contribution in [0.3, 0.4) is 0 Å². The Morgan fingerprint density at radius 3 is 1.09 bits per heavy atom. The predicted molar refractivity (Wildman–Crippen MR) is 144 cm³/mol. The third kappa shape index (κ3) is 27.2. The average molecular weight is 483 g/mol. The molecule has 0 rings (SSSR count). The van der Waals surface area contributed by atoms with Crippen molar-refractivity contribution in [1.29, 1.82) is 0 Å². The van der Waals surface area contributed by atoms with Crippen molar-refractivity contribution in [3.63, 3.8) is 0 Å². The number of carbonyl (C=O) groups excluding carboxylic acids is 2. The van der Waals surface area contributed by atoms with Gasteiger partial charge in [-0.1, -0.05) is 118 Å². The van der Waals surface area contributed by atoms with E-state index in [1.807, 2.05) is 0 Å². The molecule has 0 fully saturated rings. The fourth-order valence-electron chi connectivity index (χ4n) is 4.13. The maximum atomic E-state index is 11.8. The van der Waals surface area contributed by atoms with Crippen LogP contribution in [0.15, 0.2) is 0 Å². The van der Waals surface area contributed by atoms with Crippen molar-refractivity contribution >= 4 is 11.9 Å². The minimum atomic E-state index is -0.0729. The summed E-state index contributed by atoms with van der Waals surface area (Å²) in [6.07, 6.45) is 22.0. The van der Waals surface area contributed by atoms with Crippen LogP contribution in [0.1, 0.15) is 156 Å². The number of hydrogen-bond donors (Lipinski definition) is 0. The highest BCUT2D eigenvalue weighted by Crippen LogP contribution is 2.13. The molecule has 4 heteroatoms. The van der Waals surface area contributed by atoms with Crippen LogP contribution in [-0.2, 0) is 19.1 Å². The quantitative estimate of drug-likeness (QED) is 0.0961. The van der Waals surface area contributed by atoms with Gasteiger partial charge in [-0.05, 0) is 37.5 Å². The first kappa shape index (κ1) is 32.9. The zero-order valence-corrected chi connectivity index (χ0v) is 23.3. The van der Waals surface area contributed by atoms with E-state index in [1.54, 1.807) is 0 Å². The smallest absolute Gasteiger partial charge is 0.305 e. The Labute approximate surface area is 212 Å². The van der Waals surface area contributed by atoms with Crippen molar-refractivity contribution in [1.82, 2.24) is 0 Å². The highest BCUT2D eigenvalue weighted by atomic mass is 16.5. The Balaban J connectivity index is 3.30. The maximum Gasteiger partial charge on any atom is 0.305 e. The minimum Gasteiger partial charge on any atom is -0.466 e. The van der Waals surface area contributed by atoms with Gasteiger partial charge in [-0.15, -0.1) is 0 Å². The molecule has 0 bridgehead atoms. The van der Waals surface area contributed by atoms with Crippen molar-refractivity contribution in [2.24, 2.45) is 11.8 Å². The second-order valence-corrected chi connectivity index (χ2v) is 11.0. The number of carbonyl (C=O) groups is 2. The first-order valence-corrected chi connectivity index (χ1v) is 14.7. The van der Waals surface area contributed by atoms with E-state index in [-0.39, 0.29) is 11.9 Å². The highest BCUT2D eigenvalue weighted by molar-refractivity contribution is 5.69. The molecule has 0 aliphatic carbocycles. The summed E-state index contributed by atoms with van der Waals surface area (Å²) in [5.41, 5.74) is 0. The molecule has 0 heterocycles. The maximum absolute atomic E-state index is 11.8. The molecular formula is C30H58O4. The minimum absolute atomic E-state index is 0.0729. The Bertz CT molecular complexity index is 417. The van der Waals surface area contributed by atoms with Crippen molar-refractivity contribution in [3.8, 4) is 0 Å². The molecule has 202 valence electrons. The summed E-state index contributed by atoms with van der Waals surface area (Å²) >= 11 is 0. The van der Waals surface area contributed by atoms with Crippen LogP contribution in [-0.4, -0.2) is 25.2 Å². The van der Waals surface area contributed by atoms with Crippen LogP contribution < -0.4 is 0 Å². The summed E-state index contributed by atoms with van der Waals surface area (Å²) < 4.78 is 10.7. The first-order chi connectivity index (χ1) is 16.4. The van der Waals surface area contributed by atoms with Gasteiger partial charge in [0, 0.05) is 12.8 Å². The van der Waals surface area contributed by atoms with E-state index in [9.17, 15) is 9.59 Å². The molecule has 0 aromatic carbocycles. The van der Waals surface area contributed by atoms with E-state index < -0.39 is 0 Å². The Kier molecular flexibility index (Phi) is 24.3. The highest BCUT2D eigenvalue weighted by Gasteiger charge is 2.05. The van der Waals surface area contributed by atoms with Gasteiger partial charge in [0.25, 0.3) is 0 Å². The number of unbranched alkanes of at least 4 members (excludes halogenated alkanes) is 13. The van der Waals surface area contributed by atoms with Crippen LogP contribution >= 0.6 is 0 Å². The third-order valence-electron chi connectivity index (χ3n) is 6.39. The lowest BCUT2D eigenvalue weighted by Crippen LogP contribution is -2.06. The molecule has 0 unspecified atom stereocenters. The number of esters is 2. The van der Waals surface area contributed by atoms with Crippen LogP contribution in [0.4, 0.5) is 0 Å². The molecule has 0 N–H and O–H groups in total. The van der Waals surface area contributed by atoms with Gasteiger partial charge in [0.05, 0.1) is 13.2 Å². The van der Waals surface area contributed by atoms with E-state index in [0.717, 1.165) is 63.2 Å². The van der Waals surface area contributed by atoms with Crippen molar-refractivity contribution < 1.29 is 19.1 Å². The number of rotatable bonds is 25. The van der Waals surface area contributed by atoms with Crippen molar-refractivity contribution in [2.75, 3.05) is 13.2 Å². The summed E-state index contributed by atoms with van der Waals surface area (Å²) in [5.74, 6) is 1.48. The van der Waals surface area contributed by atoms with Gasteiger partial charge in [0.2, 0.25) is 0 Å². The molecule has 0 amide bonds. The molecule has 0 aliphatic rings. The normalized spacial score (nSPS) is 11.4. The van der Waals surface area contributed by atoms with Gasteiger partial charge in [-0.3, -0.25) is 9.59 Å². The largest absolute Gasteiger partial charge is 0.466 e. The molecule has 0 saturated carbocycles. The summed E-state index contributed by atoms with van der Waals surface area (Å²) in [4.78, 5) is 23.6. The fourth-order valence-corrected chi connectivity index (χ4v) is 4.13. The number of ether oxygens (including phenoxy) is 2. The number of hydrogen-bond acceptors (Lipinski definition) is 4. The molecule has 0 aliphatic heterocycles. The lowest BCUT2D eigenvalue weighted by Gasteiger charge is -2.07. The topological polar surface area (TPSA) is 52.6 Å². The van der Waals surface area contributed by atoms with Crippen molar-refractivity contribution in [3.05, 3.63) is 0 Å². The molecule has 0 atom stereocenters. The standard InChI is InChI=1S/C30H58O4/c1-27(2)21-15-9-5-7-13-19-25-33-29(31)23-17-11-12-18-24-30(32)34-26-20-14-8-6-10-16-22-28(3)4/h27-28H,5-26H2,1-4H3. The fraction of sp³-hybridized carbons (Fsp3) is 0.933. The molecular weight excluding hydrogens is 424 g/mol. The predicted octanol–water partition coefficient (Wildman–Crippen LogP) is 9.19. The van der Waals surface area contributed by atoms with Crippen LogP contribution in [0, 0.1) is 11.8 Å². The van der Waals surface area contributed by atoms with E-state index >= 15 is 0 Å². The summed E-state index contributed by atoms with van der Waals surface area (Å²) in [5, 5.41) is 0. The van der Waals surface area contributed by atoms with E-state index in [1.165, 1.54) is 64.2 Å². The SMILES string of the molecule is CC(C)CCCCCCCCOC(=O)CCCCCCC(=O)OCCCCCCCCC(C)C. The zero-order chi connectivity index (χ0) is 25.3. The molecule has 0 saturated heterocycles. The Morgan fingerprint density at radius 2 is 0.735 bits per heavy atom. The van der Waals surface area contributed by atoms with Gasteiger partial charge in [0.15, 0.2) is 0 Å². The van der Waals surface area contributed by atoms with Gasteiger partial charge in [-0.2, -0.15) is 0 Å². The summed E-state index contributed by atoms with van der Waals surface area (Å²) in [6.45, 7) is 10.3. The second-order valence-electron chi connectivity index (χ2n) is 11.0. The monoisotopic (exact) mass is 482 g/mol. The van der Waals surface area contributed by atoms with E-state index in [2.05, 4.69) is 27.7 Å². The first-order valence-electron chi connectivity index (χ1n) is 14.7. The lowest BCUT2D eigenvalue weighted by molar-refractivity contribution is -0.145. The van der Waals surface area contributed by atoms with Crippen LogP contribution in [0.5, 0.6) is 0 Å². The van der Waals surface area contributed by atoms with Gasteiger partial charge < -0.3 is 9.47 Å².